The van der Waals surface area contributed by atoms with E-state index < -0.39 is 14.1 Å². The standard InChI is InChI=1S/C9H17.2C4H9.Al/c1-3-5-7-9-8-6-4-2;2*1-4(2)3;/h1,3H,4-9H2,2H3;2*4H,1H2,2-3H3;. The Kier molecular flexibility index (Phi) is 12.5. The lowest BCUT2D eigenvalue weighted by Gasteiger charge is -2.12. The van der Waals surface area contributed by atoms with Gasteiger partial charge in [-0.15, -0.1) is 11.0 Å². The number of unbranched alkanes of at least 4 members (excludes halogenated alkanes) is 5. The van der Waals surface area contributed by atoms with Crippen LogP contribution in [-0.4, -0.2) is 14.1 Å². The van der Waals surface area contributed by atoms with Gasteiger partial charge in [0.1, 0.15) is 0 Å². The Morgan fingerprint density at radius 2 is 1.39 bits per heavy atom. The summed E-state index contributed by atoms with van der Waals surface area (Å²) in [7, 11) is 0. The minimum Gasteiger partial charge on any atom is -0.148 e. The Labute approximate surface area is 121 Å². The second-order valence-electron chi connectivity index (χ2n) is 6.65. The molecule has 1 heteroatoms. The second-order valence-corrected chi connectivity index (χ2v) is 9.50. The molecule has 0 heterocycles. The predicted octanol–water partition coefficient (Wildman–Crippen LogP) is 6.25. The van der Waals surface area contributed by atoms with Gasteiger partial charge in [-0.05, 0) is 12.8 Å². The molecule has 0 aliphatic rings. The Morgan fingerprint density at radius 3 is 1.89 bits per heavy atom. The molecular weight excluding hydrogens is 231 g/mol. The van der Waals surface area contributed by atoms with Gasteiger partial charge in [-0.2, -0.15) is 0 Å². The summed E-state index contributed by atoms with van der Waals surface area (Å²) in [6, 6.07) is 0. The van der Waals surface area contributed by atoms with Crippen molar-refractivity contribution in [3.8, 4) is 0 Å². The van der Waals surface area contributed by atoms with Crippen LogP contribution in [0, 0.1) is 11.8 Å². The molecule has 18 heavy (non-hydrogen) atoms. The molecule has 0 radical (unpaired) electrons. The van der Waals surface area contributed by atoms with Crippen LogP contribution in [0.4, 0.5) is 0 Å². The van der Waals surface area contributed by atoms with E-state index >= 15 is 0 Å². The first-order chi connectivity index (χ1) is 8.56. The van der Waals surface area contributed by atoms with E-state index in [9.17, 15) is 0 Å². The van der Waals surface area contributed by atoms with Crippen molar-refractivity contribution in [3.63, 3.8) is 0 Å². The molecule has 0 N–H and O–H groups in total. The minimum absolute atomic E-state index is 0.595. The molecular formula is C17H35Al. The van der Waals surface area contributed by atoms with Crippen LogP contribution in [-0.2, 0) is 0 Å². The second kappa shape index (κ2) is 12.3. The molecule has 0 saturated heterocycles. The molecule has 0 saturated carbocycles. The molecule has 0 rings (SSSR count). The van der Waals surface area contributed by atoms with E-state index in [1.54, 1.807) is 0 Å². The third-order valence-electron chi connectivity index (χ3n) is 3.43. The number of allylic oxidation sites excluding steroid dienone is 1. The lowest BCUT2D eigenvalue weighted by molar-refractivity contribution is 0.637. The molecule has 0 aliphatic heterocycles. The summed E-state index contributed by atoms with van der Waals surface area (Å²) >= 11 is -0.595. The van der Waals surface area contributed by atoms with Crippen LogP contribution in [0.15, 0.2) is 11.0 Å². The van der Waals surface area contributed by atoms with Crippen molar-refractivity contribution in [1.82, 2.24) is 0 Å². The summed E-state index contributed by atoms with van der Waals surface area (Å²) in [5, 5.41) is 2.98. The van der Waals surface area contributed by atoms with Crippen LogP contribution in [0.1, 0.15) is 73.1 Å². The fourth-order valence-corrected chi connectivity index (χ4v) is 6.12. The third-order valence-corrected chi connectivity index (χ3v) is 7.34. The SMILES string of the molecule is CCCCCCC/C=[CH]/[Al]([CH2]C(C)C)[CH2]C(C)C. The summed E-state index contributed by atoms with van der Waals surface area (Å²) in [5.41, 5.74) is 0. The van der Waals surface area contributed by atoms with Crippen LogP contribution >= 0.6 is 0 Å². The van der Waals surface area contributed by atoms with Gasteiger partial charge in [-0.3, -0.25) is 0 Å². The van der Waals surface area contributed by atoms with Gasteiger partial charge in [0.2, 0.25) is 0 Å². The van der Waals surface area contributed by atoms with Crippen molar-refractivity contribution in [2.24, 2.45) is 11.8 Å². The summed E-state index contributed by atoms with van der Waals surface area (Å²) in [6.45, 7) is 11.8. The lowest BCUT2D eigenvalue weighted by Crippen LogP contribution is -2.15. The number of hydrogen-bond donors (Lipinski definition) is 0. The zero-order chi connectivity index (χ0) is 13.8. The molecule has 0 nitrogen and oxygen atoms in total. The first-order valence-corrected chi connectivity index (χ1v) is 10.5. The summed E-state index contributed by atoms with van der Waals surface area (Å²) in [5.74, 6) is 1.77. The van der Waals surface area contributed by atoms with Gasteiger partial charge >= 0.3 is 0 Å². The normalized spacial score (nSPS) is 11.9. The predicted molar refractivity (Wildman–Crippen MR) is 87.6 cm³/mol. The zero-order valence-corrected chi connectivity index (χ0v) is 14.7. The van der Waals surface area contributed by atoms with Gasteiger partial charge in [0.15, 0.2) is 0 Å². The van der Waals surface area contributed by atoms with Crippen molar-refractivity contribution >= 4 is 14.1 Å². The third kappa shape index (κ3) is 12.7. The van der Waals surface area contributed by atoms with E-state index in [1.165, 1.54) is 49.1 Å². The Balaban J connectivity index is 3.77. The van der Waals surface area contributed by atoms with Gasteiger partial charge in [-0.1, -0.05) is 82.7 Å². The quantitative estimate of drug-likeness (QED) is 0.306. The number of rotatable bonds is 11. The van der Waals surface area contributed by atoms with Crippen molar-refractivity contribution in [2.45, 2.75) is 83.7 Å². The molecule has 0 unspecified atom stereocenters. The van der Waals surface area contributed by atoms with Crippen molar-refractivity contribution in [2.75, 3.05) is 0 Å². The van der Waals surface area contributed by atoms with Gasteiger partial charge in [-0.25, -0.2) is 0 Å². The minimum atomic E-state index is -0.595. The maximum absolute atomic E-state index is 2.64. The molecule has 106 valence electrons. The van der Waals surface area contributed by atoms with Crippen LogP contribution < -0.4 is 0 Å². The molecule has 0 atom stereocenters. The van der Waals surface area contributed by atoms with E-state index in [0.717, 1.165) is 11.8 Å². The molecule has 0 aromatic carbocycles. The highest BCUT2D eigenvalue weighted by Gasteiger charge is 2.16. The fraction of sp³-hybridized carbons (Fsp3) is 0.882. The van der Waals surface area contributed by atoms with Crippen LogP contribution in [0.25, 0.3) is 0 Å². The molecule has 0 aliphatic carbocycles. The highest BCUT2D eigenvalue weighted by Crippen LogP contribution is 2.16. The number of hydrogen-bond acceptors (Lipinski definition) is 0. The molecule has 0 spiro atoms. The Bertz CT molecular complexity index is 184. The van der Waals surface area contributed by atoms with E-state index in [2.05, 4.69) is 45.6 Å². The molecule has 0 aromatic rings. The van der Waals surface area contributed by atoms with Crippen molar-refractivity contribution in [3.05, 3.63) is 11.0 Å². The fourth-order valence-electron chi connectivity index (χ4n) is 2.62. The van der Waals surface area contributed by atoms with E-state index in [4.69, 9.17) is 0 Å². The van der Waals surface area contributed by atoms with Gasteiger partial charge < -0.3 is 0 Å². The summed E-state index contributed by atoms with van der Waals surface area (Å²) in [4.78, 5) is 2.64. The Morgan fingerprint density at radius 1 is 0.833 bits per heavy atom. The molecule has 0 fully saturated rings. The van der Waals surface area contributed by atoms with Crippen LogP contribution in [0.5, 0.6) is 0 Å². The first kappa shape index (κ1) is 18.3. The van der Waals surface area contributed by atoms with E-state index in [0.29, 0.717) is 0 Å². The monoisotopic (exact) mass is 266 g/mol. The molecule has 0 aromatic heterocycles. The highest BCUT2D eigenvalue weighted by atomic mass is 27.2. The average Bonchev–Trinajstić information content (AvgIpc) is 2.26. The van der Waals surface area contributed by atoms with Crippen molar-refractivity contribution < 1.29 is 0 Å². The van der Waals surface area contributed by atoms with Gasteiger partial charge in [0, 0.05) is 0 Å². The van der Waals surface area contributed by atoms with Gasteiger partial charge in [0.05, 0.1) is 0 Å². The summed E-state index contributed by atoms with van der Waals surface area (Å²) < 4.78 is 0. The highest BCUT2D eigenvalue weighted by molar-refractivity contribution is 6.64. The van der Waals surface area contributed by atoms with Gasteiger partial charge in [0.25, 0.3) is 14.1 Å². The Hall–Kier alpha value is 0.272. The lowest BCUT2D eigenvalue weighted by atomic mass is 10.1. The smallest absolute Gasteiger partial charge is 0.148 e. The van der Waals surface area contributed by atoms with Crippen LogP contribution in [0.2, 0.25) is 10.6 Å². The largest absolute Gasteiger partial charge is 0.294 e. The summed E-state index contributed by atoms with van der Waals surface area (Å²) in [6.07, 6.45) is 10.9. The maximum atomic E-state index is 2.64. The zero-order valence-electron chi connectivity index (χ0n) is 13.5. The van der Waals surface area contributed by atoms with E-state index in [-0.39, 0.29) is 0 Å². The van der Waals surface area contributed by atoms with Crippen LogP contribution in [0.3, 0.4) is 0 Å². The molecule has 0 bridgehead atoms. The maximum Gasteiger partial charge on any atom is 0.294 e. The van der Waals surface area contributed by atoms with Crippen molar-refractivity contribution in [1.29, 1.82) is 0 Å². The topological polar surface area (TPSA) is 0 Å². The molecule has 0 amide bonds. The first-order valence-electron chi connectivity index (χ1n) is 8.22. The van der Waals surface area contributed by atoms with E-state index in [1.807, 2.05) is 0 Å². The average molecular weight is 266 g/mol.